The van der Waals surface area contributed by atoms with Crippen LogP contribution in [0.5, 0.6) is 0 Å². The van der Waals surface area contributed by atoms with E-state index in [1.807, 2.05) is 39.0 Å². The first-order valence-corrected chi connectivity index (χ1v) is 7.76. The molecule has 0 aromatic heterocycles. The molecular formula is C17H25N3O3. The molecule has 6 nitrogen and oxygen atoms in total. The maximum Gasteiger partial charge on any atom is 0.243 e. The van der Waals surface area contributed by atoms with Crippen LogP contribution in [-0.2, 0) is 14.4 Å². The lowest BCUT2D eigenvalue weighted by atomic mass is 10.2. The Bertz CT molecular complexity index is 570. The quantitative estimate of drug-likeness (QED) is 0.803. The molecule has 0 saturated heterocycles. The minimum absolute atomic E-state index is 0.0396. The summed E-state index contributed by atoms with van der Waals surface area (Å²) in [4.78, 5) is 37.0. The van der Waals surface area contributed by atoms with Crippen molar-refractivity contribution in [2.75, 3.05) is 18.4 Å². The van der Waals surface area contributed by atoms with E-state index < -0.39 is 0 Å². The number of aryl methyl sites for hydroxylation is 1. The second kappa shape index (κ2) is 8.92. The van der Waals surface area contributed by atoms with Gasteiger partial charge in [-0.1, -0.05) is 19.1 Å². The van der Waals surface area contributed by atoms with Gasteiger partial charge < -0.3 is 15.5 Å². The highest BCUT2D eigenvalue weighted by atomic mass is 16.2. The van der Waals surface area contributed by atoms with Crippen LogP contribution in [0.15, 0.2) is 24.3 Å². The number of hydrogen-bond acceptors (Lipinski definition) is 3. The third-order valence-corrected chi connectivity index (χ3v) is 3.31. The highest BCUT2D eigenvalue weighted by Crippen LogP contribution is 2.08. The van der Waals surface area contributed by atoms with Crippen molar-refractivity contribution in [3.8, 4) is 0 Å². The van der Waals surface area contributed by atoms with Crippen molar-refractivity contribution in [3.63, 3.8) is 0 Å². The topological polar surface area (TPSA) is 78.5 Å². The van der Waals surface area contributed by atoms with Gasteiger partial charge in [-0.15, -0.1) is 0 Å². The Kier molecular flexibility index (Phi) is 7.25. The molecule has 1 aromatic carbocycles. The third-order valence-electron chi connectivity index (χ3n) is 3.31. The number of carbonyl (C=O) groups excluding carboxylic acids is 3. The summed E-state index contributed by atoms with van der Waals surface area (Å²) in [5.74, 6) is -0.735. The highest BCUT2D eigenvalue weighted by Gasteiger charge is 2.18. The van der Waals surface area contributed by atoms with Crippen LogP contribution in [0, 0.1) is 6.92 Å². The molecule has 0 aliphatic rings. The largest absolute Gasteiger partial charge is 0.345 e. The number of benzene rings is 1. The van der Waals surface area contributed by atoms with Crippen molar-refractivity contribution < 1.29 is 14.4 Å². The number of nitrogens with zero attached hydrogens (tertiary/aromatic N) is 1. The van der Waals surface area contributed by atoms with Crippen LogP contribution in [0.3, 0.4) is 0 Å². The molecule has 0 heterocycles. The maximum atomic E-state index is 11.9. The number of anilines is 1. The zero-order valence-corrected chi connectivity index (χ0v) is 14.2. The average Bonchev–Trinajstić information content (AvgIpc) is 2.49. The van der Waals surface area contributed by atoms with Gasteiger partial charge >= 0.3 is 0 Å². The van der Waals surface area contributed by atoms with Gasteiger partial charge in [0.1, 0.15) is 0 Å². The lowest BCUT2D eigenvalue weighted by molar-refractivity contribution is -0.137. The van der Waals surface area contributed by atoms with E-state index in [1.165, 1.54) is 4.90 Å². The SMILES string of the molecule is CCC(=O)N(CC(=O)NCC(=O)Nc1cccc(C)c1)C(C)C. The molecule has 0 aliphatic heterocycles. The summed E-state index contributed by atoms with van der Waals surface area (Å²) < 4.78 is 0. The van der Waals surface area contributed by atoms with Crippen LogP contribution in [0.2, 0.25) is 0 Å². The minimum atomic E-state index is -0.347. The Hall–Kier alpha value is -2.37. The maximum absolute atomic E-state index is 11.9. The highest BCUT2D eigenvalue weighted by molar-refractivity contribution is 5.95. The lowest BCUT2D eigenvalue weighted by Crippen LogP contribution is -2.45. The van der Waals surface area contributed by atoms with Gasteiger partial charge in [-0.2, -0.15) is 0 Å². The first-order valence-electron chi connectivity index (χ1n) is 7.76. The number of carbonyl (C=O) groups is 3. The third kappa shape index (κ3) is 6.50. The molecule has 0 saturated carbocycles. The standard InChI is InChI=1S/C17H25N3O3/c1-5-17(23)20(12(2)3)11-16(22)18-10-15(21)19-14-8-6-7-13(4)9-14/h6-9,12H,5,10-11H2,1-4H3,(H,18,22)(H,19,21). The van der Waals surface area contributed by atoms with Gasteiger partial charge in [-0.05, 0) is 38.5 Å². The molecule has 6 heteroatoms. The zero-order valence-electron chi connectivity index (χ0n) is 14.2. The molecule has 0 aliphatic carbocycles. The number of hydrogen-bond donors (Lipinski definition) is 2. The second-order valence-corrected chi connectivity index (χ2v) is 5.66. The molecule has 1 rings (SSSR count). The monoisotopic (exact) mass is 319 g/mol. The number of amides is 3. The zero-order chi connectivity index (χ0) is 17.4. The summed E-state index contributed by atoms with van der Waals surface area (Å²) in [6, 6.07) is 7.35. The first kappa shape index (κ1) is 18.7. The predicted octanol–water partition coefficient (Wildman–Crippen LogP) is 1.70. The Balaban J connectivity index is 2.45. The Morgan fingerprint density at radius 3 is 2.43 bits per heavy atom. The molecule has 0 fully saturated rings. The van der Waals surface area contributed by atoms with Gasteiger partial charge in [0.05, 0.1) is 13.1 Å². The van der Waals surface area contributed by atoms with E-state index in [-0.39, 0.29) is 36.9 Å². The van der Waals surface area contributed by atoms with Crippen molar-refractivity contribution in [1.29, 1.82) is 0 Å². The van der Waals surface area contributed by atoms with E-state index in [9.17, 15) is 14.4 Å². The fraction of sp³-hybridized carbons (Fsp3) is 0.471. The van der Waals surface area contributed by atoms with E-state index >= 15 is 0 Å². The van der Waals surface area contributed by atoms with Crippen LogP contribution < -0.4 is 10.6 Å². The summed E-state index contributed by atoms with van der Waals surface area (Å²) in [5, 5.41) is 5.25. The smallest absolute Gasteiger partial charge is 0.243 e. The molecular weight excluding hydrogens is 294 g/mol. The van der Waals surface area contributed by atoms with Crippen LogP contribution in [0.25, 0.3) is 0 Å². The Labute approximate surface area is 137 Å². The van der Waals surface area contributed by atoms with Crippen LogP contribution in [0.4, 0.5) is 5.69 Å². The van der Waals surface area contributed by atoms with Crippen LogP contribution in [0.1, 0.15) is 32.8 Å². The molecule has 0 radical (unpaired) electrons. The summed E-state index contributed by atoms with van der Waals surface area (Å²) in [6.07, 6.45) is 0.347. The normalized spacial score (nSPS) is 10.3. The van der Waals surface area contributed by atoms with Crippen LogP contribution >= 0.6 is 0 Å². The fourth-order valence-electron chi connectivity index (χ4n) is 2.08. The van der Waals surface area contributed by atoms with E-state index in [1.54, 1.807) is 13.0 Å². The molecule has 126 valence electrons. The molecule has 0 atom stereocenters. The molecule has 3 amide bonds. The second-order valence-electron chi connectivity index (χ2n) is 5.66. The van der Waals surface area contributed by atoms with E-state index in [0.29, 0.717) is 12.1 Å². The lowest BCUT2D eigenvalue weighted by Gasteiger charge is -2.25. The van der Waals surface area contributed by atoms with Gasteiger partial charge in [0, 0.05) is 18.2 Å². The van der Waals surface area contributed by atoms with E-state index in [0.717, 1.165) is 5.56 Å². The van der Waals surface area contributed by atoms with Crippen molar-refractivity contribution in [2.24, 2.45) is 0 Å². The number of rotatable bonds is 7. The Morgan fingerprint density at radius 1 is 1.17 bits per heavy atom. The van der Waals surface area contributed by atoms with Crippen molar-refractivity contribution in [2.45, 2.75) is 40.2 Å². The van der Waals surface area contributed by atoms with Gasteiger partial charge in [0.25, 0.3) is 0 Å². The summed E-state index contributed by atoms with van der Waals surface area (Å²) >= 11 is 0. The Morgan fingerprint density at radius 2 is 1.87 bits per heavy atom. The molecule has 0 bridgehead atoms. The van der Waals surface area contributed by atoms with Gasteiger partial charge in [0.15, 0.2) is 0 Å². The molecule has 1 aromatic rings. The summed E-state index contributed by atoms with van der Waals surface area (Å²) in [5.41, 5.74) is 1.73. The van der Waals surface area contributed by atoms with Crippen molar-refractivity contribution >= 4 is 23.4 Å². The predicted molar refractivity (Wildman–Crippen MR) is 90.0 cm³/mol. The van der Waals surface area contributed by atoms with Crippen LogP contribution in [-0.4, -0.2) is 41.8 Å². The fourth-order valence-corrected chi connectivity index (χ4v) is 2.08. The molecule has 0 unspecified atom stereocenters. The molecule has 23 heavy (non-hydrogen) atoms. The van der Waals surface area contributed by atoms with E-state index in [4.69, 9.17) is 0 Å². The average molecular weight is 319 g/mol. The van der Waals surface area contributed by atoms with Gasteiger partial charge in [-0.3, -0.25) is 14.4 Å². The summed E-state index contributed by atoms with van der Waals surface area (Å²) in [7, 11) is 0. The van der Waals surface area contributed by atoms with Crippen molar-refractivity contribution in [3.05, 3.63) is 29.8 Å². The minimum Gasteiger partial charge on any atom is -0.345 e. The van der Waals surface area contributed by atoms with Crippen molar-refractivity contribution in [1.82, 2.24) is 10.2 Å². The molecule has 2 N–H and O–H groups in total. The van der Waals surface area contributed by atoms with Gasteiger partial charge in [-0.25, -0.2) is 0 Å². The van der Waals surface area contributed by atoms with E-state index in [2.05, 4.69) is 10.6 Å². The number of nitrogens with one attached hydrogen (secondary N) is 2. The summed E-state index contributed by atoms with van der Waals surface area (Å²) in [6.45, 7) is 7.23. The van der Waals surface area contributed by atoms with Gasteiger partial charge in [0.2, 0.25) is 17.7 Å². The molecule has 0 spiro atoms. The first-order chi connectivity index (χ1) is 10.8.